The van der Waals surface area contributed by atoms with Crippen LogP contribution >= 0.6 is 0 Å². The summed E-state index contributed by atoms with van der Waals surface area (Å²) in [5, 5.41) is 4.74. The quantitative estimate of drug-likeness (QED) is 0.0412. The number of hydrogen-bond donors (Lipinski definition) is 2. The zero-order valence-electron chi connectivity index (χ0n) is 42.2. The third-order valence-corrected chi connectivity index (χ3v) is 11.6. The first-order chi connectivity index (χ1) is 34.3. The van der Waals surface area contributed by atoms with Gasteiger partial charge >= 0.3 is 42.0 Å². The van der Waals surface area contributed by atoms with Gasteiger partial charge in [-0.25, -0.2) is 19.2 Å². The molecule has 5 atom stereocenters. The summed E-state index contributed by atoms with van der Waals surface area (Å²) < 4.78 is 24.3. The summed E-state index contributed by atoms with van der Waals surface area (Å²) in [5.41, 5.74) is 2.67. The van der Waals surface area contributed by atoms with Gasteiger partial charge in [0.15, 0.2) is 0 Å². The molecular weight excluding hydrogens is 929 g/mol. The summed E-state index contributed by atoms with van der Waals surface area (Å²) in [6, 6.07) is 26.8. The second-order valence-electron chi connectivity index (χ2n) is 18.6. The van der Waals surface area contributed by atoms with E-state index in [-0.39, 0.29) is 99.9 Å². The largest absolute Gasteiger partial charge is 0.461 e. The zero-order chi connectivity index (χ0) is 53.0. The molecule has 5 rings (SSSR count). The molecule has 2 fully saturated rings. The molecule has 2 saturated heterocycles. The van der Waals surface area contributed by atoms with Crippen molar-refractivity contribution < 1.29 is 71.6 Å². The molecule has 2 heterocycles. The van der Waals surface area contributed by atoms with E-state index < -0.39 is 60.0 Å². The fraction of sp³-hybridized carbons (Fsp3) is 0.491. The van der Waals surface area contributed by atoms with Crippen LogP contribution in [0.25, 0.3) is 0 Å². The number of nitrogens with one attached hydrogen (secondary N) is 2. The number of benzene rings is 3. The van der Waals surface area contributed by atoms with Gasteiger partial charge in [0.2, 0.25) is 0 Å². The number of carbonyl (C=O) groups is 10. The Morgan fingerprint density at radius 2 is 0.917 bits per heavy atom. The number of Topliss-reactive ketones (excluding diaryl/α,β-unsaturated/α-hetero) is 3. The van der Waals surface area contributed by atoms with E-state index in [1.807, 2.05) is 126 Å². The first-order valence-electron chi connectivity index (χ1n) is 24.5. The van der Waals surface area contributed by atoms with Gasteiger partial charge in [-0.15, -0.1) is 0 Å². The van der Waals surface area contributed by atoms with Crippen LogP contribution in [-0.2, 0) is 81.9 Å². The Bertz CT molecular complexity index is 2250. The van der Waals surface area contributed by atoms with E-state index in [4.69, 9.17) is 14.2 Å². The molecule has 17 nitrogen and oxygen atoms in total. The number of ketones is 3. The van der Waals surface area contributed by atoms with Crippen molar-refractivity contribution in [2.24, 2.45) is 29.6 Å². The normalized spacial score (nSPS) is 16.0. The Hall–Kier alpha value is -7.04. The molecule has 0 radical (unpaired) electrons. The number of esters is 5. The summed E-state index contributed by atoms with van der Waals surface area (Å²) in [5.74, 6) is -3.53. The molecule has 0 spiro atoms. The first-order valence-corrected chi connectivity index (χ1v) is 24.5. The molecule has 72 heavy (non-hydrogen) atoms. The number of rotatable bonds is 27. The molecule has 17 heteroatoms. The standard InChI is InChI=1S/C35H46O7.C13H13NO5.C7H11NO3/c1-5-29(16-18-34(39)41-23-27-12-8-6-9-13-27)32(37)22-31(20-25(2)3)33(38)21-30(26(4)36)17-19-35(40)42-24-28-14-10-7-11-15-28;15-11(18-8-9-4-2-1-3-5-9)7-6-10-12(16)19-13(17)14-10;1-4(2)3-5-6(9)11-7(10)8-5/h6-15,25,29-31H,5,16-24H2,1-4H3;1-5,10H,6-8H2,(H,14,17);4-5H,3H2,1-2H3,(H,8,10)/t;10-;5-/m.00/s1. The summed E-state index contributed by atoms with van der Waals surface area (Å²) >= 11 is 0. The van der Waals surface area contributed by atoms with Crippen LogP contribution in [0.3, 0.4) is 0 Å². The molecule has 2 amide bonds. The van der Waals surface area contributed by atoms with E-state index in [1.165, 1.54) is 6.92 Å². The summed E-state index contributed by atoms with van der Waals surface area (Å²) in [7, 11) is 0. The lowest BCUT2D eigenvalue weighted by atomic mass is 9.80. The van der Waals surface area contributed by atoms with Crippen LogP contribution < -0.4 is 10.6 Å². The van der Waals surface area contributed by atoms with E-state index in [9.17, 15) is 47.9 Å². The van der Waals surface area contributed by atoms with Gasteiger partial charge in [0.1, 0.15) is 49.3 Å². The van der Waals surface area contributed by atoms with Gasteiger partial charge in [-0.3, -0.25) is 28.8 Å². The second kappa shape index (κ2) is 32.0. The lowest BCUT2D eigenvalue weighted by molar-refractivity contribution is -0.146. The third-order valence-electron chi connectivity index (χ3n) is 11.6. The molecule has 3 unspecified atom stereocenters. The molecule has 0 bridgehead atoms. The highest BCUT2D eigenvalue weighted by Crippen LogP contribution is 2.27. The fourth-order valence-corrected chi connectivity index (χ4v) is 7.64. The average molecular weight is 999 g/mol. The van der Waals surface area contributed by atoms with Gasteiger partial charge in [0, 0.05) is 49.9 Å². The first kappa shape index (κ1) is 59.3. The van der Waals surface area contributed by atoms with Gasteiger partial charge < -0.3 is 34.3 Å². The van der Waals surface area contributed by atoms with Crippen molar-refractivity contribution in [2.75, 3.05) is 0 Å². The van der Waals surface area contributed by atoms with Crippen molar-refractivity contribution >= 4 is 59.4 Å². The van der Waals surface area contributed by atoms with Gasteiger partial charge in [0.25, 0.3) is 0 Å². The predicted molar refractivity (Wildman–Crippen MR) is 263 cm³/mol. The van der Waals surface area contributed by atoms with Crippen LogP contribution in [0.2, 0.25) is 0 Å². The number of alkyl carbamates (subject to hydrolysis) is 2. The van der Waals surface area contributed by atoms with Crippen LogP contribution in [-0.4, -0.2) is 71.5 Å². The van der Waals surface area contributed by atoms with Crippen molar-refractivity contribution in [3.8, 4) is 0 Å². The highest BCUT2D eigenvalue weighted by Gasteiger charge is 2.34. The molecule has 2 aliphatic rings. The van der Waals surface area contributed by atoms with Gasteiger partial charge in [-0.05, 0) is 74.0 Å². The lowest BCUT2D eigenvalue weighted by Crippen LogP contribution is -2.29. The minimum absolute atomic E-state index is 0.00539. The van der Waals surface area contributed by atoms with E-state index in [2.05, 4.69) is 20.1 Å². The molecule has 0 aliphatic carbocycles. The number of hydrogen-bond acceptors (Lipinski definition) is 15. The maximum atomic E-state index is 13.4. The van der Waals surface area contributed by atoms with Crippen LogP contribution in [0, 0.1) is 29.6 Å². The topological polar surface area (TPSA) is 241 Å². The summed E-state index contributed by atoms with van der Waals surface area (Å²) in [4.78, 5) is 118. The third kappa shape index (κ3) is 23.7. The van der Waals surface area contributed by atoms with E-state index in [0.717, 1.165) is 16.7 Å². The lowest BCUT2D eigenvalue weighted by Gasteiger charge is -2.22. The van der Waals surface area contributed by atoms with Crippen LogP contribution in [0.15, 0.2) is 91.0 Å². The van der Waals surface area contributed by atoms with Crippen molar-refractivity contribution in [1.82, 2.24) is 10.6 Å². The molecule has 0 saturated carbocycles. The Labute approximate surface area is 421 Å². The Morgan fingerprint density at radius 3 is 1.29 bits per heavy atom. The van der Waals surface area contributed by atoms with Crippen LogP contribution in [0.4, 0.5) is 9.59 Å². The van der Waals surface area contributed by atoms with E-state index in [0.29, 0.717) is 31.6 Å². The van der Waals surface area contributed by atoms with Crippen molar-refractivity contribution in [1.29, 1.82) is 0 Å². The Kier molecular flexibility index (Phi) is 26.4. The minimum atomic E-state index is -0.771. The minimum Gasteiger partial charge on any atom is -0.461 e. The number of cyclic esters (lactones) is 4. The van der Waals surface area contributed by atoms with Crippen LogP contribution in [0.1, 0.15) is 129 Å². The maximum absolute atomic E-state index is 13.4. The van der Waals surface area contributed by atoms with Crippen molar-refractivity contribution in [3.63, 3.8) is 0 Å². The molecule has 3 aromatic carbocycles. The maximum Gasteiger partial charge on any atom is 0.415 e. The molecular formula is C55H70N2O15. The fourth-order valence-electron chi connectivity index (χ4n) is 7.64. The van der Waals surface area contributed by atoms with Crippen molar-refractivity contribution in [2.45, 2.75) is 144 Å². The van der Waals surface area contributed by atoms with Gasteiger partial charge in [-0.2, -0.15) is 0 Å². The molecule has 2 N–H and O–H groups in total. The zero-order valence-corrected chi connectivity index (χ0v) is 42.2. The Balaban J connectivity index is 0.000000368. The van der Waals surface area contributed by atoms with E-state index in [1.54, 1.807) is 0 Å². The number of carbonyl (C=O) groups excluding carboxylic acids is 10. The Morgan fingerprint density at radius 1 is 0.528 bits per heavy atom. The average Bonchev–Trinajstić information content (AvgIpc) is 3.85. The predicted octanol–water partition coefficient (Wildman–Crippen LogP) is 8.66. The monoisotopic (exact) mass is 998 g/mol. The molecule has 0 aromatic heterocycles. The summed E-state index contributed by atoms with van der Waals surface area (Å²) in [6.07, 6.45) is 1.41. The van der Waals surface area contributed by atoms with E-state index >= 15 is 0 Å². The van der Waals surface area contributed by atoms with Crippen LogP contribution in [0.5, 0.6) is 0 Å². The number of amides is 2. The highest BCUT2D eigenvalue weighted by atomic mass is 16.6. The van der Waals surface area contributed by atoms with Gasteiger partial charge in [0.05, 0.1) is 0 Å². The highest BCUT2D eigenvalue weighted by molar-refractivity contribution is 5.96. The molecule has 3 aromatic rings. The second-order valence-corrected chi connectivity index (χ2v) is 18.6. The summed E-state index contributed by atoms with van der Waals surface area (Å²) in [6.45, 7) is 11.8. The van der Waals surface area contributed by atoms with Crippen molar-refractivity contribution in [3.05, 3.63) is 108 Å². The SMILES string of the molecule is CC(C)C[C@@H]1NC(=O)OC1=O.CCC(CCC(=O)OCc1ccccc1)C(=O)CC(CC(C)C)C(=O)CC(CCC(=O)OCc1ccccc1)C(C)=O.O=C(CC[C@@H]1NC(=O)OC1=O)OCc1ccccc1. The molecule has 390 valence electrons. The smallest absolute Gasteiger partial charge is 0.415 e. The number of ether oxygens (including phenoxy) is 5. The molecule has 2 aliphatic heterocycles. The van der Waals surface area contributed by atoms with Gasteiger partial charge in [-0.1, -0.05) is 126 Å².